The van der Waals surface area contributed by atoms with E-state index in [-0.39, 0.29) is 17.5 Å². The van der Waals surface area contributed by atoms with Crippen LogP contribution in [0.3, 0.4) is 0 Å². The number of ether oxygens (including phenoxy) is 1. The molecular formula is C12H18O2. The van der Waals surface area contributed by atoms with E-state index in [1.165, 1.54) is 25.7 Å². The van der Waals surface area contributed by atoms with Crippen LogP contribution < -0.4 is 0 Å². The van der Waals surface area contributed by atoms with E-state index in [0.717, 1.165) is 0 Å². The van der Waals surface area contributed by atoms with Crippen LogP contribution in [-0.4, -0.2) is 11.6 Å². The van der Waals surface area contributed by atoms with E-state index in [9.17, 15) is 4.79 Å². The van der Waals surface area contributed by atoms with Crippen molar-refractivity contribution in [2.45, 2.75) is 45.1 Å². The Morgan fingerprint density at radius 2 is 1.93 bits per heavy atom. The lowest BCUT2D eigenvalue weighted by Crippen LogP contribution is -2.32. The first-order valence-electron chi connectivity index (χ1n) is 5.44. The highest BCUT2D eigenvalue weighted by Crippen LogP contribution is 2.46. The van der Waals surface area contributed by atoms with Gasteiger partial charge in [-0.05, 0) is 32.6 Å². The maximum absolute atomic E-state index is 11.4. The van der Waals surface area contributed by atoms with Crippen LogP contribution in [-0.2, 0) is 9.53 Å². The second kappa shape index (κ2) is 3.11. The lowest BCUT2D eigenvalue weighted by atomic mass is 9.77. The molecule has 0 aromatic rings. The normalized spacial score (nSPS) is 32.3. The molecule has 2 nitrogen and oxygen atoms in total. The van der Waals surface area contributed by atoms with Gasteiger partial charge in [0.05, 0.1) is 0 Å². The predicted molar refractivity (Wildman–Crippen MR) is 54.8 cm³/mol. The summed E-state index contributed by atoms with van der Waals surface area (Å²) in [5, 5.41) is 0. The standard InChI is InChI=1S/C12H18O2/c1-8-10(9-6-4-5-7-9)12(2,3)14-11(8)13/h9-10H,1,4-7H2,2-3H3. The Morgan fingerprint density at radius 3 is 2.36 bits per heavy atom. The zero-order valence-corrected chi connectivity index (χ0v) is 9.01. The Morgan fingerprint density at radius 1 is 1.36 bits per heavy atom. The van der Waals surface area contributed by atoms with Crippen LogP contribution >= 0.6 is 0 Å². The van der Waals surface area contributed by atoms with Gasteiger partial charge in [0.2, 0.25) is 0 Å². The van der Waals surface area contributed by atoms with Gasteiger partial charge in [-0.15, -0.1) is 0 Å². The van der Waals surface area contributed by atoms with E-state index < -0.39 is 0 Å². The number of hydrogen-bond donors (Lipinski definition) is 0. The third kappa shape index (κ3) is 1.37. The molecule has 2 rings (SSSR count). The fraction of sp³-hybridized carbons (Fsp3) is 0.750. The molecule has 1 aliphatic carbocycles. The van der Waals surface area contributed by atoms with Gasteiger partial charge in [0.15, 0.2) is 0 Å². The second-order valence-corrected chi connectivity index (χ2v) is 5.04. The second-order valence-electron chi connectivity index (χ2n) is 5.04. The van der Waals surface area contributed by atoms with Crippen molar-refractivity contribution in [2.24, 2.45) is 11.8 Å². The first-order chi connectivity index (χ1) is 6.52. The largest absolute Gasteiger partial charge is 0.456 e. The summed E-state index contributed by atoms with van der Waals surface area (Å²) in [4.78, 5) is 11.4. The van der Waals surface area contributed by atoms with E-state index in [1.807, 2.05) is 13.8 Å². The van der Waals surface area contributed by atoms with E-state index in [4.69, 9.17) is 4.74 Å². The van der Waals surface area contributed by atoms with Crippen molar-refractivity contribution in [1.82, 2.24) is 0 Å². The van der Waals surface area contributed by atoms with Gasteiger partial charge in [-0.2, -0.15) is 0 Å². The molecule has 1 unspecified atom stereocenters. The molecule has 78 valence electrons. The molecule has 0 aromatic carbocycles. The molecule has 0 bridgehead atoms. The number of carbonyl (C=O) groups is 1. The highest BCUT2D eigenvalue weighted by molar-refractivity contribution is 5.91. The van der Waals surface area contributed by atoms with E-state index in [1.54, 1.807) is 0 Å². The van der Waals surface area contributed by atoms with Crippen LogP contribution in [0.5, 0.6) is 0 Å². The zero-order chi connectivity index (χ0) is 10.3. The molecule has 0 radical (unpaired) electrons. The van der Waals surface area contributed by atoms with Crippen molar-refractivity contribution >= 4 is 5.97 Å². The first-order valence-corrected chi connectivity index (χ1v) is 5.44. The topological polar surface area (TPSA) is 26.3 Å². The van der Waals surface area contributed by atoms with E-state index >= 15 is 0 Å². The van der Waals surface area contributed by atoms with E-state index in [2.05, 4.69) is 6.58 Å². The number of hydrogen-bond acceptors (Lipinski definition) is 2. The smallest absolute Gasteiger partial charge is 0.334 e. The summed E-state index contributed by atoms with van der Waals surface area (Å²) < 4.78 is 5.35. The lowest BCUT2D eigenvalue weighted by Gasteiger charge is -2.29. The summed E-state index contributed by atoms with van der Waals surface area (Å²) in [7, 11) is 0. The van der Waals surface area contributed by atoms with Gasteiger partial charge in [0.1, 0.15) is 5.60 Å². The van der Waals surface area contributed by atoms with Crippen molar-refractivity contribution in [3.8, 4) is 0 Å². The third-order valence-corrected chi connectivity index (χ3v) is 3.61. The Bertz CT molecular complexity index is 272. The number of carbonyl (C=O) groups excluding carboxylic acids is 1. The van der Waals surface area contributed by atoms with Gasteiger partial charge in [0.25, 0.3) is 0 Å². The van der Waals surface area contributed by atoms with Crippen LogP contribution in [0.4, 0.5) is 0 Å². The van der Waals surface area contributed by atoms with Crippen LogP contribution in [0.2, 0.25) is 0 Å². The first kappa shape index (κ1) is 9.75. The fourth-order valence-electron chi connectivity index (χ4n) is 3.06. The van der Waals surface area contributed by atoms with E-state index in [0.29, 0.717) is 11.5 Å². The summed E-state index contributed by atoms with van der Waals surface area (Å²) in [6, 6.07) is 0. The minimum Gasteiger partial charge on any atom is -0.456 e. The molecule has 2 heteroatoms. The fourth-order valence-corrected chi connectivity index (χ4v) is 3.06. The SMILES string of the molecule is C=C1C(=O)OC(C)(C)C1C1CCCC1. The van der Waals surface area contributed by atoms with Crippen LogP contribution in [0.15, 0.2) is 12.2 Å². The van der Waals surface area contributed by atoms with Crippen molar-refractivity contribution in [1.29, 1.82) is 0 Å². The molecule has 1 aliphatic heterocycles. The molecule has 0 amide bonds. The van der Waals surface area contributed by atoms with Crippen molar-refractivity contribution in [2.75, 3.05) is 0 Å². The molecule has 1 atom stereocenters. The summed E-state index contributed by atoms with van der Waals surface area (Å²) in [6.45, 7) is 7.89. The number of esters is 1. The maximum atomic E-state index is 11.4. The number of cyclic esters (lactones) is 1. The quantitative estimate of drug-likeness (QED) is 0.474. The average Bonchev–Trinajstić information content (AvgIpc) is 2.60. The molecular weight excluding hydrogens is 176 g/mol. The Kier molecular flexibility index (Phi) is 2.17. The minimum absolute atomic E-state index is 0.188. The monoisotopic (exact) mass is 194 g/mol. The van der Waals surface area contributed by atoms with Gasteiger partial charge in [-0.25, -0.2) is 4.79 Å². The van der Waals surface area contributed by atoms with Gasteiger partial charge in [0, 0.05) is 11.5 Å². The van der Waals surface area contributed by atoms with Crippen molar-refractivity contribution in [3.63, 3.8) is 0 Å². The van der Waals surface area contributed by atoms with Crippen molar-refractivity contribution < 1.29 is 9.53 Å². The third-order valence-electron chi connectivity index (χ3n) is 3.61. The molecule has 1 saturated carbocycles. The molecule has 2 fully saturated rings. The van der Waals surface area contributed by atoms with Gasteiger partial charge >= 0.3 is 5.97 Å². The van der Waals surface area contributed by atoms with Gasteiger partial charge in [-0.3, -0.25) is 0 Å². The predicted octanol–water partition coefficient (Wildman–Crippen LogP) is 2.68. The Hall–Kier alpha value is -0.790. The number of rotatable bonds is 1. The summed E-state index contributed by atoms with van der Waals surface area (Å²) in [5.41, 5.74) is 0.366. The molecule has 2 aliphatic rings. The molecule has 0 N–H and O–H groups in total. The molecule has 0 aromatic heterocycles. The Labute approximate surface area is 85.3 Å². The van der Waals surface area contributed by atoms with Gasteiger partial charge in [-0.1, -0.05) is 19.4 Å². The highest BCUT2D eigenvalue weighted by atomic mass is 16.6. The summed E-state index contributed by atoms with van der Waals surface area (Å²) in [5.74, 6) is 0.674. The molecule has 1 heterocycles. The van der Waals surface area contributed by atoms with Gasteiger partial charge < -0.3 is 4.74 Å². The summed E-state index contributed by atoms with van der Waals surface area (Å²) >= 11 is 0. The molecule has 14 heavy (non-hydrogen) atoms. The summed E-state index contributed by atoms with van der Waals surface area (Å²) in [6.07, 6.45) is 5.03. The lowest BCUT2D eigenvalue weighted by molar-refractivity contribution is -0.145. The minimum atomic E-state index is -0.330. The zero-order valence-electron chi connectivity index (χ0n) is 9.01. The van der Waals surface area contributed by atoms with Crippen LogP contribution in [0.25, 0.3) is 0 Å². The van der Waals surface area contributed by atoms with Crippen LogP contribution in [0.1, 0.15) is 39.5 Å². The maximum Gasteiger partial charge on any atom is 0.334 e. The molecule has 1 saturated heterocycles. The Balaban J connectivity index is 2.23. The highest BCUT2D eigenvalue weighted by Gasteiger charge is 2.48. The molecule has 0 spiro atoms. The van der Waals surface area contributed by atoms with Crippen LogP contribution in [0, 0.1) is 11.8 Å². The average molecular weight is 194 g/mol. The van der Waals surface area contributed by atoms with Crippen molar-refractivity contribution in [3.05, 3.63) is 12.2 Å².